The second kappa shape index (κ2) is 9.13. The van der Waals surface area contributed by atoms with Gasteiger partial charge in [-0.1, -0.05) is 62.9 Å². The van der Waals surface area contributed by atoms with E-state index in [0.717, 1.165) is 17.0 Å². The lowest BCUT2D eigenvalue weighted by molar-refractivity contribution is -0.113. The molecule has 0 aliphatic heterocycles. The van der Waals surface area contributed by atoms with Crippen molar-refractivity contribution in [3.8, 4) is 5.75 Å². The van der Waals surface area contributed by atoms with Crippen LogP contribution in [0.3, 0.4) is 0 Å². The lowest BCUT2D eigenvalue weighted by Crippen LogP contribution is -2.15. The van der Waals surface area contributed by atoms with E-state index in [2.05, 4.69) is 41.3 Å². The average molecular weight is 411 g/mol. The van der Waals surface area contributed by atoms with Crippen molar-refractivity contribution >= 4 is 23.4 Å². The van der Waals surface area contributed by atoms with Crippen LogP contribution in [-0.4, -0.2) is 26.8 Å². The maximum absolute atomic E-state index is 12.2. The number of nitrogens with one attached hydrogen (secondary N) is 2. The van der Waals surface area contributed by atoms with Gasteiger partial charge in [0.05, 0.1) is 5.75 Å². The van der Waals surface area contributed by atoms with Crippen molar-refractivity contribution < 1.29 is 9.53 Å². The van der Waals surface area contributed by atoms with E-state index < -0.39 is 0 Å². The number of para-hydroxylation sites is 1. The first kappa shape index (κ1) is 20.9. The molecule has 1 heterocycles. The van der Waals surface area contributed by atoms with Crippen LogP contribution in [0.25, 0.3) is 0 Å². The summed E-state index contributed by atoms with van der Waals surface area (Å²) in [5.74, 6) is 1.57. The molecule has 152 valence electrons. The molecule has 1 aromatic heterocycles. The maximum atomic E-state index is 12.2. The molecule has 0 saturated heterocycles. The SMILES string of the molecule is Cc1ccccc1OCc1nc(SCC(=O)Nc2ccc(C(C)(C)C)cc2)n[nH]1. The predicted molar refractivity (Wildman–Crippen MR) is 116 cm³/mol. The van der Waals surface area contributed by atoms with Crippen LogP contribution in [0.4, 0.5) is 5.69 Å². The zero-order valence-corrected chi connectivity index (χ0v) is 18.0. The third-order valence-corrected chi connectivity index (χ3v) is 5.18. The summed E-state index contributed by atoms with van der Waals surface area (Å²) < 4.78 is 5.75. The first-order valence-corrected chi connectivity index (χ1v) is 10.4. The van der Waals surface area contributed by atoms with Crippen molar-refractivity contribution in [3.05, 3.63) is 65.5 Å². The number of ether oxygens (including phenoxy) is 1. The molecule has 6 nitrogen and oxygen atoms in total. The summed E-state index contributed by atoms with van der Waals surface area (Å²) in [7, 11) is 0. The number of nitrogens with zero attached hydrogens (tertiary/aromatic N) is 2. The van der Waals surface area contributed by atoms with E-state index in [1.165, 1.54) is 17.3 Å². The standard InChI is InChI=1S/C22H26N4O2S/c1-15-7-5-6-8-18(15)28-13-19-24-21(26-25-19)29-14-20(27)23-17-11-9-16(10-12-17)22(2,3)4/h5-12H,13-14H2,1-4H3,(H,23,27)(H,24,25,26). The molecule has 2 N–H and O–H groups in total. The Kier molecular flexibility index (Phi) is 6.59. The van der Waals surface area contributed by atoms with Crippen LogP contribution in [0, 0.1) is 6.92 Å². The fourth-order valence-electron chi connectivity index (χ4n) is 2.65. The van der Waals surface area contributed by atoms with E-state index in [1.54, 1.807) is 0 Å². The largest absolute Gasteiger partial charge is 0.485 e. The Morgan fingerprint density at radius 2 is 1.86 bits per heavy atom. The Balaban J connectivity index is 1.46. The van der Waals surface area contributed by atoms with Gasteiger partial charge >= 0.3 is 0 Å². The van der Waals surface area contributed by atoms with Gasteiger partial charge in [0.2, 0.25) is 11.1 Å². The minimum atomic E-state index is -0.0963. The number of thioether (sulfide) groups is 1. The van der Waals surface area contributed by atoms with Crippen LogP contribution < -0.4 is 10.1 Å². The molecule has 0 radical (unpaired) electrons. The van der Waals surface area contributed by atoms with Gasteiger partial charge in [-0.05, 0) is 41.7 Å². The molecule has 0 fully saturated rings. The molecule has 29 heavy (non-hydrogen) atoms. The third-order valence-electron chi connectivity index (χ3n) is 4.34. The number of aromatic nitrogens is 3. The van der Waals surface area contributed by atoms with Crippen molar-refractivity contribution in [2.75, 3.05) is 11.1 Å². The van der Waals surface area contributed by atoms with E-state index in [-0.39, 0.29) is 17.1 Å². The molecule has 0 unspecified atom stereocenters. The smallest absolute Gasteiger partial charge is 0.234 e. The van der Waals surface area contributed by atoms with Crippen molar-refractivity contribution in [1.29, 1.82) is 0 Å². The van der Waals surface area contributed by atoms with Gasteiger partial charge in [0, 0.05) is 5.69 Å². The summed E-state index contributed by atoms with van der Waals surface area (Å²) in [6, 6.07) is 15.7. The van der Waals surface area contributed by atoms with Gasteiger partial charge in [-0.25, -0.2) is 4.98 Å². The summed E-state index contributed by atoms with van der Waals surface area (Å²) in [5.41, 5.74) is 3.16. The molecule has 0 saturated carbocycles. The zero-order valence-electron chi connectivity index (χ0n) is 17.2. The highest BCUT2D eigenvalue weighted by atomic mass is 32.2. The number of anilines is 1. The van der Waals surface area contributed by atoms with Gasteiger partial charge < -0.3 is 10.1 Å². The molecule has 7 heteroatoms. The minimum Gasteiger partial charge on any atom is -0.485 e. The van der Waals surface area contributed by atoms with Crippen molar-refractivity contribution in [3.63, 3.8) is 0 Å². The van der Waals surface area contributed by atoms with Gasteiger partial charge in [-0.15, -0.1) is 5.10 Å². The van der Waals surface area contributed by atoms with E-state index in [1.807, 2.05) is 55.5 Å². The highest BCUT2D eigenvalue weighted by Crippen LogP contribution is 2.24. The summed E-state index contributed by atoms with van der Waals surface area (Å²) >= 11 is 1.28. The van der Waals surface area contributed by atoms with E-state index in [4.69, 9.17) is 4.74 Å². The average Bonchev–Trinajstić information content (AvgIpc) is 3.13. The van der Waals surface area contributed by atoms with Crippen LogP contribution in [-0.2, 0) is 16.8 Å². The number of hydrogen-bond acceptors (Lipinski definition) is 5. The zero-order chi connectivity index (χ0) is 20.9. The van der Waals surface area contributed by atoms with Gasteiger partial charge in [0.1, 0.15) is 12.4 Å². The van der Waals surface area contributed by atoms with Crippen molar-refractivity contribution in [1.82, 2.24) is 15.2 Å². The number of aryl methyl sites for hydroxylation is 1. The number of carbonyl (C=O) groups excluding carboxylic acids is 1. The minimum absolute atomic E-state index is 0.0879. The monoisotopic (exact) mass is 410 g/mol. The Morgan fingerprint density at radius 3 is 2.55 bits per heavy atom. The molecular weight excluding hydrogens is 384 g/mol. The summed E-state index contributed by atoms with van der Waals surface area (Å²) in [5, 5.41) is 10.4. The molecular formula is C22H26N4O2S. The second-order valence-corrected chi connectivity index (χ2v) is 8.73. The lowest BCUT2D eigenvalue weighted by atomic mass is 9.87. The molecule has 0 aliphatic rings. The molecule has 0 bridgehead atoms. The lowest BCUT2D eigenvalue weighted by Gasteiger charge is -2.19. The van der Waals surface area contributed by atoms with Crippen LogP contribution in [0.1, 0.15) is 37.7 Å². The molecule has 0 spiro atoms. The third kappa shape index (κ3) is 6.09. The molecule has 1 amide bonds. The van der Waals surface area contributed by atoms with Gasteiger partial charge in [0.25, 0.3) is 0 Å². The summed E-state index contributed by atoms with van der Waals surface area (Å²) in [6.45, 7) is 8.77. The summed E-state index contributed by atoms with van der Waals surface area (Å²) in [6.07, 6.45) is 0. The number of hydrogen-bond donors (Lipinski definition) is 2. The quantitative estimate of drug-likeness (QED) is 0.551. The van der Waals surface area contributed by atoms with Gasteiger partial charge in [0.15, 0.2) is 5.82 Å². The number of aromatic amines is 1. The van der Waals surface area contributed by atoms with E-state index in [9.17, 15) is 4.79 Å². The highest BCUT2D eigenvalue weighted by molar-refractivity contribution is 7.99. The molecule has 3 rings (SSSR count). The van der Waals surface area contributed by atoms with Crippen LogP contribution in [0.5, 0.6) is 5.75 Å². The fraction of sp³-hybridized carbons (Fsp3) is 0.318. The Hall–Kier alpha value is -2.80. The fourth-order valence-corrected chi connectivity index (χ4v) is 3.27. The number of benzene rings is 2. The normalized spacial score (nSPS) is 11.3. The maximum Gasteiger partial charge on any atom is 0.234 e. The molecule has 0 atom stereocenters. The molecule has 3 aromatic rings. The number of rotatable bonds is 7. The Bertz CT molecular complexity index is 961. The van der Waals surface area contributed by atoms with Crippen molar-refractivity contribution in [2.24, 2.45) is 0 Å². The molecule has 0 aliphatic carbocycles. The van der Waals surface area contributed by atoms with Crippen LogP contribution >= 0.6 is 11.8 Å². The van der Waals surface area contributed by atoms with Gasteiger partial charge in [-0.3, -0.25) is 9.89 Å². The van der Waals surface area contributed by atoms with Crippen LogP contribution in [0.2, 0.25) is 0 Å². The predicted octanol–water partition coefficient (Wildman–Crippen LogP) is 4.72. The van der Waals surface area contributed by atoms with Gasteiger partial charge in [-0.2, -0.15) is 0 Å². The highest BCUT2D eigenvalue weighted by Gasteiger charge is 2.13. The number of carbonyl (C=O) groups is 1. The first-order valence-electron chi connectivity index (χ1n) is 9.44. The first-order chi connectivity index (χ1) is 13.8. The van der Waals surface area contributed by atoms with E-state index >= 15 is 0 Å². The number of amides is 1. The number of H-pyrrole nitrogens is 1. The Morgan fingerprint density at radius 1 is 1.14 bits per heavy atom. The molecule has 2 aromatic carbocycles. The van der Waals surface area contributed by atoms with Crippen LogP contribution in [0.15, 0.2) is 53.7 Å². The van der Waals surface area contributed by atoms with Crippen molar-refractivity contribution in [2.45, 2.75) is 44.9 Å². The second-order valence-electron chi connectivity index (χ2n) is 7.78. The topological polar surface area (TPSA) is 79.9 Å². The summed E-state index contributed by atoms with van der Waals surface area (Å²) in [4.78, 5) is 16.6. The Labute approximate surface area is 175 Å². The van der Waals surface area contributed by atoms with E-state index in [0.29, 0.717) is 17.6 Å².